The van der Waals surface area contributed by atoms with Gasteiger partial charge < -0.3 is 10.3 Å². The molecule has 1 aromatic rings. The molecule has 7 heteroatoms. The monoisotopic (exact) mass is 218 g/mol. The molecule has 0 fully saturated rings. The Balaban J connectivity index is 2.06. The summed E-state index contributed by atoms with van der Waals surface area (Å²) in [7, 11) is -3.07. The van der Waals surface area contributed by atoms with Gasteiger partial charge in [0.25, 0.3) is 0 Å². The van der Waals surface area contributed by atoms with E-state index >= 15 is 0 Å². The Morgan fingerprint density at radius 2 is 2.29 bits per heavy atom. The lowest BCUT2D eigenvalue weighted by atomic mass is 10.4. The average molecular weight is 218 g/mol. The van der Waals surface area contributed by atoms with E-state index < -0.39 is 10.0 Å². The highest BCUT2D eigenvalue weighted by molar-refractivity contribution is 7.88. The SMILES string of the molecule is CS(=O)(=O)NCCNCc1cnc[nH]1. The highest BCUT2D eigenvalue weighted by Crippen LogP contribution is 1.87. The number of H-pyrrole nitrogens is 1. The molecule has 0 saturated carbocycles. The molecule has 3 N–H and O–H groups in total. The molecule has 14 heavy (non-hydrogen) atoms. The number of aromatic amines is 1. The number of hydrogen-bond acceptors (Lipinski definition) is 4. The smallest absolute Gasteiger partial charge is 0.208 e. The second-order valence-corrected chi connectivity index (χ2v) is 4.75. The van der Waals surface area contributed by atoms with Gasteiger partial charge in [0, 0.05) is 31.5 Å². The quantitative estimate of drug-likeness (QED) is 0.537. The summed E-state index contributed by atoms with van der Waals surface area (Å²) in [6.07, 6.45) is 4.46. The molecule has 0 unspecified atom stereocenters. The number of sulfonamides is 1. The van der Waals surface area contributed by atoms with Crippen molar-refractivity contribution in [2.45, 2.75) is 6.54 Å². The fourth-order valence-electron chi connectivity index (χ4n) is 0.929. The van der Waals surface area contributed by atoms with Gasteiger partial charge in [-0.05, 0) is 0 Å². The summed E-state index contributed by atoms with van der Waals surface area (Å²) in [6, 6.07) is 0. The summed E-state index contributed by atoms with van der Waals surface area (Å²) in [5, 5.41) is 3.06. The van der Waals surface area contributed by atoms with E-state index in [1.54, 1.807) is 12.5 Å². The third kappa shape index (κ3) is 4.95. The highest BCUT2D eigenvalue weighted by atomic mass is 32.2. The van der Waals surface area contributed by atoms with Crippen molar-refractivity contribution < 1.29 is 8.42 Å². The third-order valence-electron chi connectivity index (χ3n) is 1.54. The molecule has 0 amide bonds. The second-order valence-electron chi connectivity index (χ2n) is 2.92. The van der Waals surface area contributed by atoms with Crippen LogP contribution < -0.4 is 10.0 Å². The largest absolute Gasteiger partial charge is 0.347 e. The van der Waals surface area contributed by atoms with Crippen molar-refractivity contribution in [3.63, 3.8) is 0 Å². The van der Waals surface area contributed by atoms with Gasteiger partial charge in [-0.15, -0.1) is 0 Å². The van der Waals surface area contributed by atoms with Crippen molar-refractivity contribution in [2.24, 2.45) is 0 Å². The van der Waals surface area contributed by atoms with Crippen LogP contribution in [-0.4, -0.2) is 37.7 Å². The van der Waals surface area contributed by atoms with Gasteiger partial charge in [0.15, 0.2) is 0 Å². The Morgan fingerprint density at radius 3 is 2.86 bits per heavy atom. The lowest BCUT2D eigenvalue weighted by Gasteiger charge is -2.03. The van der Waals surface area contributed by atoms with E-state index in [4.69, 9.17) is 0 Å². The maximum absolute atomic E-state index is 10.7. The van der Waals surface area contributed by atoms with Gasteiger partial charge in [0.1, 0.15) is 0 Å². The predicted octanol–water partition coefficient (Wildman–Crippen LogP) is -0.951. The maximum Gasteiger partial charge on any atom is 0.208 e. The Bertz CT molecular complexity index is 346. The van der Waals surface area contributed by atoms with Crippen molar-refractivity contribution in [3.8, 4) is 0 Å². The molecule has 0 aliphatic heterocycles. The zero-order chi connectivity index (χ0) is 10.4. The first-order valence-corrected chi connectivity index (χ1v) is 6.10. The van der Waals surface area contributed by atoms with Crippen molar-refractivity contribution in [1.29, 1.82) is 0 Å². The van der Waals surface area contributed by atoms with Gasteiger partial charge in [0.2, 0.25) is 10.0 Å². The van der Waals surface area contributed by atoms with Crippen LogP contribution in [0.1, 0.15) is 5.69 Å². The summed E-state index contributed by atoms with van der Waals surface area (Å²) in [4.78, 5) is 6.79. The minimum atomic E-state index is -3.07. The molecular formula is C7H14N4O2S. The number of rotatable bonds is 6. The van der Waals surface area contributed by atoms with Gasteiger partial charge in [-0.25, -0.2) is 18.1 Å². The number of imidazole rings is 1. The fourth-order valence-corrected chi connectivity index (χ4v) is 1.40. The molecule has 1 rings (SSSR count). The fraction of sp³-hybridized carbons (Fsp3) is 0.571. The van der Waals surface area contributed by atoms with Crippen molar-refractivity contribution in [2.75, 3.05) is 19.3 Å². The summed E-state index contributed by atoms with van der Waals surface area (Å²) >= 11 is 0. The lowest BCUT2D eigenvalue weighted by molar-refractivity contribution is 0.581. The topological polar surface area (TPSA) is 86.9 Å². The van der Waals surface area contributed by atoms with E-state index in [0.717, 1.165) is 11.9 Å². The van der Waals surface area contributed by atoms with E-state index in [2.05, 4.69) is 20.0 Å². The summed E-state index contributed by atoms with van der Waals surface area (Å²) in [5.41, 5.74) is 0.976. The van der Waals surface area contributed by atoms with Crippen LogP contribution in [0.5, 0.6) is 0 Å². The predicted molar refractivity (Wildman–Crippen MR) is 53.1 cm³/mol. The summed E-state index contributed by atoms with van der Waals surface area (Å²) in [5.74, 6) is 0. The van der Waals surface area contributed by atoms with Crippen LogP contribution in [0.2, 0.25) is 0 Å². The van der Waals surface area contributed by atoms with Gasteiger partial charge in [-0.1, -0.05) is 0 Å². The molecule has 1 heterocycles. The van der Waals surface area contributed by atoms with Crippen LogP contribution in [-0.2, 0) is 16.6 Å². The maximum atomic E-state index is 10.7. The molecule has 0 spiro atoms. The molecule has 0 bridgehead atoms. The van der Waals surface area contributed by atoms with Gasteiger partial charge in [-0.2, -0.15) is 0 Å². The third-order valence-corrected chi connectivity index (χ3v) is 2.26. The van der Waals surface area contributed by atoms with Crippen LogP contribution >= 0.6 is 0 Å². The first kappa shape index (κ1) is 11.2. The number of nitrogens with zero attached hydrogens (tertiary/aromatic N) is 1. The van der Waals surface area contributed by atoms with Crippen LogP contribution in [0.25, 0.3) is 0 Å². The minimum Gasteiger partial charge on any atom is -0.347 e. The molecule has 0 aliphatic carbocycles. The number of aromatic nitrogens is 2. The summed E-state index contributed by atoms with van der Waals surface area (Å²) < 4.78 is 23.7. The molecular weight excluding hydrogens is 204 g/mol. The van der Waals surface area contributed by atoms with Crippen LogP contribution in [0.3, 0.4) is 0 Å². The Hall–Kier alpha value is -0.920. The van der Waals surface area contributed by atoms with Gasteiger partial charge in [-0.3, -0.25) is 0 Å². The van der Waals surface area contributed by atoms with Crippen LogP contribution in [0.15, 0.2) is 12.5 Å². The highest BCUT2D eigenvalue weighted by Gasteiger charge is 1.98. The van der Waals surface area contributed by atoms with Crippen molar-refractivity contribution >= 4 is 10.0 Å². The van der Waals surface area contributed by atoms with Crippen LogP contribution in [0.4, 0.5) is 0 Å². The van der Waals surface area contributed by atoms with E-state index in [-0.39, 0.29) is 0 Å². The molecule has 0 saturated heterocycles. The van der Waals surface area contributed by atoms with E-state index in [0.29, 0.717) is 19.6 Å². The minimum absolute atomic E-state index is 0.396. The number of nitrogens with one attached hydrogen (secondary N) is 3. The molecule has 80 valence electrons. The van der Waals surface area contributed by atoms with Crippen molar-refractivity contribution in [1.82, 2.24) is 20.0 Å². The van der Waals surface area contributed by atoms with Crippen molar-refractivity contribution in [3.05, 3.63) is 18.2 Å². The molecule has 0 aliphatic rings. The zero-order valence-corrected chi connectivity index (χ0v) is 8.76. The summed E-state index contributed by atoms with van der Waals surface area (Å²) in [6.45, 7) is 1.64. The van der Waals surface area contributed by atoms with Gasteiger partial charge >= 0.3 is 0 Å². The second kappa shape index (κ2) is 5.08. The average Bonchev–Trinajstić information content (AvgIpc) is 2.54. The first-order valence-electron chi connectivity index (χ1n) is 4.20. The molecule has 0 atom stereocenters. The standard InChI is InChI=1S/C7H14N4O2S/c1-14(12,13)11-3-2-8-4-7-5-9-6-10-7/h5-6,8,11H,2-4H2,1H3,(H,9,10). The molecule has 0 aromatic carbocycles. The Morgan fingerprint density at radius 1 is 1.50 bits per heavy atom. The normalized spacial score (nSPS) is 11.8. The first-order chi connectivity index (χ1) is 6.58. The zero-order valence-electron chi connectivity index (χ0n) is 7.95. The number of hydrogen-bond donors (Lipinski definition) is 3. The lowest BCUT2D eigenvalue weighted by Crippen LogP contribution is -2.30. The molecule has 0 radical (unpaired) electrons. The van der Waals surface area contributed by atoms with E-state index in [1.165, 1.54) is 0 Å². The van der Waals surface area contributed by atoms with E-state index in [9.17, 15) is 8.42 Å². The Kier molecular flexibility index (Phi) is 4.05. The van der Waals surface area contributed by atoms with Crippen LogP contribution in [0, 0.1) is 0 Å². The Labute approximate surface area is 83.2 Å². The van der Waals surface area contributed by atoms with E-state index in [1.807, 2.05) is 0 Å². The molecule has 1 aromatic heterocycles. The molecule has 6 nitrogen and oxygen atoms in total. The van der Waals surface area contributed by atoms with Gasteiger partial charge in [0.05, 0.1) is 12.6 Å².